The van der Waals surface area contributed by atoms with E-state index in [2.05, 4.69) is 40.7 Å². The average Bonchev–Trinajstić information content (AvgIpc) is 2.38. The van der Waals surface area contributed by atoms with Gasteiger partial charge in [0.1, 0.15) is 17.5 Å². The van der Waals surface area contributed by atoms with Crippen molar-refractivity contribution in [3.63, 3.8) is 0 Å². The number of nitrogens with zero attached hydrogens (tertiary/aromatic N) is 2. The molecule has 0 saturated carbocycles. The molecule has 102 valence electrons. The van der Waals surface area contributed by atoms with Crippen molar-refractivity contribution in [3.8, 4) is 0 Å². The molecular weight excluding hydrogens is 244 g/mol. The Labute approximate surface area is 114 Å². The lowest BCUT2D eigenvalue weighted by molar-refractivity contribution is 0.822. The summed E-state index contributed by atoms with van der Waals surface area (Å²) in [6.45, 7) is 5.34. The summed E-state index contributed by atoms with van der Waals surface area (Å²) in [4.78, 5) is 8.96. The van der Waals surface area contributed by atoms with Gasteiger partial charge in [-0.1, -0.05) is 13.8 Å². The molecule has 0 radical (unpaired) electrons. The van der Waals surface area contributed by atoms with Crippen LogP contribution in [-0.2, 0) is 6.42 Å². The van der Waals surface area contributed by atoms with Gasteiger partial charge in [-0.15, -0.1) is 0 Å². The molecule has 2 N–H and O–H groups in total. The molecule has 0 spiro atoms. The molecule has 1 heterocycles. The molecule has 1 unspecified atom stereocenters. The maximum atomic E-state index is 4.52. The third kappa shape index (κ3) is 5.12. The molecule has 5 heteroatoms. The fourth-order valence-electron chi connectivity index (χ4n) is 1.57. The summed E-state index contributed by atoms with van der Waals surface area (Å²) < 4.78 is 0. The smallest absolute Gasteiger partial charge is 0.133 e. The number of aromatic nitrogens is 2. The Morgan fingerprint density at radius 3 is 2.67 bits per heavy atom. The van der Waals surface area contributed by atoms with E-state index in [0.29, 0.717) is 5.25 Å². The van der Waals surface area contributed by atoms with Crippen molar-refractivity contribution in [1.29, 1.82) is 0 Å². The van der Waals surface area contributed by atoms with Crippen molar-refractivity contribution < 1.29 is 0 Å². The Kier molecular flexibility index (Phi) is 6.86. The molecule has 0 aromatic carbocycles. The van der Waals surface area contributed by atoms with Crippen LogP contribution >= 0.6 is 11.8 Å². The largest absolute Gasteiger partial charge is 0.373 e. The van der Waals surface area contributed by atoms with Gasteiger partial charge in [-0.25, -0.2) is 9.97 Å². The first-order valence-electron chi connectivity index (χ1n) is 6.52. The first kappa shape index (κ1) is 15.1. The molecule has 1 rings (SSSR count). The van der Waals surface area contributed by atoms with Crippen LogP contribution in [0.4, 0.5) is 11.6 Å². The maximum absolute atomic E-state index is 4.52. The third-order valence-electron chi connectivity index (χ3n) is 2.76. The van der Waals surface area contributed by atoms with Crippen LogP contribution in [0.3, 0.4) is 0 Å². The molecule has 1 aromatic heterocycles. The number of hydrogen-bond acceptors (Lipinski definition) is 5. The van der Waals surface area contributed by atoms with E-state index in [-0.39, 0.29) is 0 Å². The maximum Gasteiger partial charge on any atom is 0.133 e. The molecule has 0 aliphatic rings. The van der Waals surface area contributed by atoms with Crippen LogP contribution in [-0.4, -0.2) is 35.1 Å². The minimum absolute atomic E-state index is 0.679. The molecule has 1 aromatic rings. The molecule has 0 fully saturated rings. The second-order valence-corrected chi connectivity index (χ2v) is 5.59. The molecular formula is C13H24N4S. The standard InChI is InChI=1S/C13H24N4S/c1-5-6-11-16-12(14-3)9-13(17-11)15-8-7-10(2)18-4/h9-10H,5-8H2,1-4H3,(H2,14,15,16,17). The first-order valence-corrected chi connectivity index (χ1v) is 7.80. The number of anilines is 2. The molecule has 0 amide bonds. The molecule has 1 atom stereocenters. The number of aryl methyl sites for hydroxylation is 1. The molecule has 4 nitrogen and oxygen atoms in total. The Morgan fingerprint density at radius 2 is 2.06 bits per heavy atom. The topological polar surface area (TPSA) is 49.8 Å². The quantitative estimate of drug-likeness (QED) is 0.759. The summed E-state index contributed by atoms with van der Waals surface area (Å²) >= 11 is 1.89. The summed E-state index contributed by atoms with van der Waals surface area (Å²) in [5.41, 5.74) is 0. The van der Waals surface area contributed by atoms with Gasteiger partial charge in [-0.2, -0.15) is 11.8 Å². The van der Waals surface area contributed by atoms with E-state index in [4.69, 9.17) is 0 Å². The van der Waals surface area contributed by atoms with E-state index in [1.165, 1.54) is 0 Å². The van der Waals surface area contributed by atoms with Gasteiger partial charge in [0.25, 0.3) is 0 Å². The van der Waals surface area contributed by atoms with Crippen molar-refractivity contribution in [2.45, 2.75) is 38.4 Å². The lowest BCUT2D eigenvalue weighted by atomic mass is 10.3. The van der Waals surface area contributed by atoms with Gasteiger partial charge in [0.2, 0.25) is 0 Å². The van der Waals surface area contributed by atoms with Crippen LogP contribution < -0.4 is 10.6 Å². The second kappa shape index (κ2) is 8.19. The molecule has 0 aliphatic carbocycles. The lowest BCUT2D eigenvalue weighted by Gasteiger charge is -2.11. The van der Waals surface area contributed by atoms with Gasteiger partial charge >= 0.3 is 0 Å². The SMILES string of the molecule is CCCc1nc(NC)cc(NCCC(C)SC)n1. The molecule has 18 heavy (non-hydrogen) atoms. The predicted octanol–water partition coefficient (Wildman–Crippen LogP) is 3.02. The van der Waals surface area contributed by atoms with Crippen molar-refractivity contribution in [1.82, 2.24) is 9.97 Å². The van der Waals surface area contributed by atoms with Crippen LogP contribution in [0.15, 0.2) is 6.07 Å². The van der Waals surface area contributed by atoms with Crippen LogP contribution in [0.1, 0.15) is 32.5 Å². The van der Waals surface area contributed by atoms with E-state index >= 15 is 0 Å². The fraction of sp³-hybridized carbons (Fsp3) is 0.692. The second-order valence-electron chi connectivity index (χ2n) is 4.32. The van der Waals surface area contributed by atoms with E-state index < -0.39 is 0 Å². The number of hydrogen-bond donors (Lipinski definition) is 2. The highest BCUT2D eigenvalue weighted by molar-refractivity contribution is 7.99. The van der Waals surface area contributed by atoms with Crippen LogP contribution in [0.2, 0.25) is 0 Å². The van der Waals surface area contributed by atoms with Crippen molar-refractivity contribution in [2.24, 2.45) is 0 Å². The van der Waals surface area contributed by atoms with Crippen molar-refractivity contribution >= 4 is 23.4 Å². The van der Waals surface area contributed by atoms with Crippen LogP contribution in [0.5, 0.6) is 0 Å². The minimum atomic E-state index is 0.679. The summed E-state index contributed by atoms with van der Waals surface area (Å²) in [6.07, 6.45) is 5.28. The summed E-state index contributed by atoms with van der Waals surface area (Å²) in [5.74, 6) is 2.71. The Hall–Kier alpha value is -0.970. The zero-order chi connectivity index (χ0) is 13.4. The predicted molar refractivity (Wildman–Crippen MR) is 81.7 cm³/mol. The van der Waals surface area contributed by atoms with Gasteiger partial charge in [-0.05, 0) is 19.1 Å². The van der Waals surface area contributed by atoms with Crippen molar-refractivity contribution in [3.05, 3.63) is 11.9 Å². The van der Waals surface area contributed by atoms with E-state index in [0.717, 1.165) is 43.3 Å². The Bertz CT molecular complexity index is 357. The average molecular weight is 268 g/mol. The summed E-state index contributed by atoms with van der Waals surface area (Å²) in [5, 5.41) is 7.14. The van der Waals surface area contributed by atoms with E-state index in [1.807, 2.05) is 24.9 Å². The Morgan fingerprint density at radius 1 is 1.33 bits per heavy atom. The lowest BCUT2D eigenvalue weighted by Crippen LogP contribution is -2.11. The van der Waals surface area contributed by atoms with E-state index in [9.17, 15) is 0 Å². The van der Waals surface area contributed by atoms with Gasteiger partial charge in [-0.3, -0.25) is 0 Å². The number of thioether (sulfide) groups is 1. The summed E-state index contributed by atoms with van der Waals surface area (Å²) in [7, 11) is 1.89. The highest BCUT2D eigenvalue weighted by atomic mass is 32.2. The van der Waals surface area contributed by atoms with Gasteiger partial charge < -0.3 is 10.6 Å². The minimum Gasteiger partial charge on any atom is -0.373 e. The highest BCUT2D eigenvalue weighted by Gasteiger charge is 2.04. The summed E-state index contributed by atoms with van der Waals surface area (Å²) in [6, 6.07) is 1.96. The molecule has 0 saturated heterocycles. The number of rotatable bonds is 8. The monoisotopic (exact) mass is 268 g/mol. The van der Waals surface area contributed by atoms with Crippen LogP contribution in [0.25, 0.3) is 0 Å². The van der Waals surface area contributed by atoms with Gasteiger partial charge in [0.15, 0.2) is 0 Å². The molecule has 0 aliphatic heterocycles. The third-order valence-corrected chi connectivity index (χ3v) is 3.80. The first-order chi connectivity index (χ1) is 8.69. The van der Waals surface area contributed by atoms with Gasteiger partial charge in [0.05, 0.1) is 0 Å². The highest BCUT2D eigenvalue weighted by Crippen LogP contribution is 2.13. The van der Waals surface area contributed by atoms with E-state index in [1.54, 1.807) is 0 Å². The normalized spacial score (nSPS) is 12.2. The van der Waals surface area contributed by atoms with Gasteiger partial charge in [0, 0.05) is 31.3 Å². The Balaban J connectivity index is 2.60. The van der Waals surface area contributed by atoms with Crippen molar-refractivity contribution in [2.75, 3.05) is 30.5 Å². The number of nitrogens with one attached hydrogen (secondary N) is 2. The zero-order valence-corrected chi connectivity index (χ0v) is 12.6. The molecule has 0 bridgehead atoms. The van der Waals surface area contributed by atoms with Crippen LogP contribution in [0, 0.1) is 0 Å². The fourth-order valence-corrected chi connectivity index (χ4v) is 1.93. The zero-order valence-electron chi connectivity index (χ0n) is 11.8.